The third-order valence-electron chi connectivity index (χ3n) is 2.60. The summed E-state index contributed by atoms with van der Waals surface area (Å²) in [6, 6.07) is 2.07. The highest BCUT2D eigenvalue weighted by atomic mass is 16.3. The Morgan fingerprint density at radius 3 is 2.64 bits per heavy atom. The summed E-state index contributed by atoms with van der Waals surface area (Å²) in [5, 5.41) is 3.34. The van der Waals surface area contributed by atoms with Crippen molar-refractivity contribution in [3.8, 4) is 0 Å². The third-order valence-corrected chi connectivity index (χ3v) is 2.60. The van der Waals surface area contributed by atoms with Crippen molar-refractivity contribution in [3.05, 3.63) is 23.7 Å². The van der Waals surface area contributed by atoms with Crippen molar-refractivity contribution < 1.29 is 4.42 Å². The maximum atomic E-state index is 5.25. The summed E-state index contributed by atoms with van der Waals surface area (Å²) in [6.45, 7) is 2.02. The van der Waals surface area contributed by atoms with Crippen molar-refractivity contribution in [1.29, 1.82) is 0 Å². The van der Waals surface area contributed by atoms with Crippen LogP contribution in [0.25, 0.3) is 0 Å². The van der Waals surface area contributed by atoms with E-state index in [0.717, 1.165) is 5.76 Å². The molecule has 0 saturated heterocycles. The first-order valence-corrected chi connectivity index (χ1v) is 4.02. The highest BCUT2D eigenvalue weighted by molar-refractivity contribution is 5.31. The molecule has 2 rings (SSSR count). The summed E-state index contributed by atoms with van der Waals surface area (Å²) in [5.41, 5.74) is 1.59. The van der Waals surface area contributed by atoms with Crippen molar-refractivity contribution >= 4 is 0 Å². The summed E-state index contributed by atoms with van der Waals surface area (Å²) >= 11 is 0. The van der Waals surface area contributed by atoms with E-state index in [1.165, 1.54) is 18.4 Å². The molecule has 0 atom stereocenters. The molecule has 1 aromatic heterocycles. The van der Waals surface area contributed by atoms with Gasteiger partial charge in [-0.25, -0.2) is 0 Å². The van der Waals surface area contributed by atoms with Gasteiger partial charge in [-0.2, -0.15) is 0 Å². The molecule has 1 aromatic rings. The number of hydrogen-bond acceptors (Lipinski definition) is 2. The molecular formula is C9H13NO. The molecule has 0 spiro atoms. The van der Waals surface area contributed by atoms with Crippen LogP contribution in [0.3, 0.4) is 0 Å². The van der Waals surface area contributed by atoms with Crippen LogP contribution in [0.1, 0.15) is 24.2 Å². The fraction of sp³-hybridized carbons (Fsp3) is 0.556. The molecule has 2 nitrogen and oxygen atoms in total. The molecule has 0 bridgehead atoms. The van der Waals surface area contributed by atoms with Crippen LogP contribution >= 0.6 is 0 Å². The molecule has 0 radical (unpaired) electrons. The smallest absolute Gasteiger partial charge is 0.105 e. The Hall–Kier alpha value is -0.760. The van der Waals surface area contributed by atoms with E-state index >= 15 is 0 Å². The van der Waals surface area contributed by atoms with Crippen LogP contribution in [0.4, 0.5) is 0 Å². The predicted molar refractivity (Wildman–Crippen MR) is 43.4 cm³/mol. The van der Waals surface area contributed by atoms with Gasteiger partial charge in [0.25, 0.3) is 0 Å². The van der Waals surface area contributed by atoms with Gasteiger partial charge < -0.3 is 9.73 Å². The number of furan rings is 1. The molecule has 2 heteroatoms. The van der Waals surface area contributed by atoms with Gasteiger partial charge in [-0.3, -0.25) is 0 Å². The van der Waals surface area contributed by atoms with Gasteiger partial charge in [0.2, 0.25) is 0 Å². The molecule has 1 saturated carbocycles. The van der Waals surface area contributed by atoms with E-state index in [4.69, 9.17) is 4.42 Å². The summed E-state index contributed by atoms with van der Waals surface area (Å²) in [5.74, 6) is 1.05. The molecule has 1 heterocycles. The van der Waals surface area contributed by atoms with Gasteiger partial charge >= 0.3 is 0 Å². The molecule has 1 N–H and O–H groups in total. The number of nitrogens with one attached hydrogen (secondary N) is 1. The average Bonchev–Trinajstić information content (AvgIpc) is 2.70. The fourth-order valence-electron chi connectivity index (χ4n) is 1.66. The van der Waals surface area contributed by atoms with Gasteiger partial charge in [0.15, 0.2) is 0 Å². The molecule has 1 aliphatic carbocycles. The van der Waals surface area contributed by atoms with Gasteiger partial charge in [0.05, 0.1) is 6.26 Å². The Bertz CT molecular complexity index is 260. The fourth-order valence-corrected chi connectivity index (χ4v) is 1.66. The summed E-state index contributed by atoms with van der Waals surface area (Å²) in [6.07, 6.45) is 4.25. The second-order valence-electron chi connectivity index (χ2n) is 3.22. The van der Waals surface area contributed by atoms with Gasteiger partial charge in [-0.1, -0.05) is 0 Å². The van der Waals surface area contributed by atoms with Crippen molar-refractivity contribution in [2.75, 3.05) is 7.05 Å². The van der Waals surface area contributed by atoms with Crippen molar-refractivity contribution in [2.45, 2.75) is 25.3 Å². The Morgan fingerprint density at radius 1 is 1.55 bits per heavy atom. The van der Waals surface area contributed by atoms with E-state index in [-0.39, 0.29) is 5.54 Å². The zero-order chi connectivity index (χ0) is 7.90. The highest BCUT2D eigenvalue weighted by Gasteiger charge is 2.44. The first-order chi connectivity index (χ1) is 5.28. The second-order valence-corrected chi connectivity index (χ2v) is 3.22. The molecule has 0 aromatic carbocycles. The van der Waals surface area contributed by atoms with Gasteiger partial charge in [0.1, 0.15) is 5.76 Å². The molecule has 0 unspecified atom stereocenters. The molecule has 0 amide bonds. The molecule has 0 aliphatic heterocycles. The third kappa shape index (κ3) is 0.897. The largest absolute Gasteiger partial charge is 0.469 e. The van der Waals surface area contributed by atoms with E-state index in [0.29, 0.717) is 0 Å². The van der Waals surface area contributed by atoms with Crippen LogP contribution in [-0.2, 0) is 5.54 Å². The number of aryl methyl sites for hydroxylation is 1. The lowest BCUT2D eigenvalue weighted by Gasteiger charge is -2.11. The Balaban J connectivity index is 2.35. The first-order valence-electron chi connectivity index (χ1n) is 4.02. The van der Waals surface area contributed by atoms with E-state index < -0.39 is 0 Å². The van der Waals surface area contributed by atoms with E-state index in [1.807, 2.05) is 14.0 Å². The lowest BCUT2D eigenvalue weighted by Crippen LogP contribution is -2.24. The Labute approximate surface area is 66.6 Å². The quantitative estimate of drug-likeness (QED) is 0.697. The molecule has 1 fully saturated rings. The van der Waals surface area contributed by atoms with E-state index in [9.17, 15) is 0 Å². The van der Waals surface area contributed by atoms with Crippen molar-refractivity contribution in [3.63, 3.8) is 0 Å². The maximum absolute atomic E-state index is 5.25. The molecular weight excluding hydrogens is 138 g/mol. The second kappa shape index (κ2) is 2.11. The summed E-state index contributed by atoms with van der Waals surface area (Å²) in [7, 11) is 2.01. The lowest BCUT2D eigenvalue weighted by atomic mass is 10.1. The van der Waals surface area contributed by atoms with E-state index in [1.54, 1.807) is 6.26 Å². The average molecular weight is 151 g/mol. The first kappa shape index (κ1) is 6.92. The minimum absolute atomic E-state index is 0.261. The normalized spacial score (nSPS) is 20.2. The van der Waals surface area contributed by atoms with Crippen LogP contribution in [-0.4, -0.2) is 7.05 Å². The molecule has 60 valence electrons. The minimum Gasteiger partial charge on any atom is -0.469 e. The van der Waals surface area contributed by atoms with E-state index in [2.05, 4.69) is 11.4 Å². The minimum atomic E-state index is 0.261. The lowest BCUT2D eigenvalue weighted by molar-refractivity contribution is 0.508. The van der Waals surface area contributed by atoms with Gasteiger partial charge in [-0.15, -0.1) is 0 Å². The van der Waals surface area contributed by atoms with Crippen LogP contribution < -0.4 is 5.32 Å². The Morgan fingerprint density at radius 2 is 2.27 bits per heavy atom. The SMILES string of the molecule is CNC1(c2ccoc2C)CC1. The number of hydrogen-bond donors (Lipinski definition) is 1. The summed E-state index contributed by atoms with van der Waals surface area (Å²) in [4.78, 5) is 0. The van der Waals surface area contributed by atoms with Gasteiger partial charge in [0, 0.05) is 11.1 Å². The van der Waals surface area contributed by atoms with Crippen LogP contribution in [0.2, 0.25) is 0 Å². The van der Waals surface area contributed by atoms with Crippen molar-refractivity contribution in [2.24, 2.45) is 0 Å². The van der Waals surface area contributed by atoms with Crippen LogP contribution in [0, 0.1) is 6.92 Å². The van der Waals surface area contributed by atoms with Gasteiger partial charge in [-0.05, 0) is 32.9 Å². The van der Waals surface area contributed by atoms with Crippen molar-refractivity contribution in [1.82, 2.24) is 5.32 Å². The standard InChI is InChI=1S/C9H13NO/c1-7-8(3-6-11-7)9(10-2)4-5-9/h3,6,10H,4-5H2,1-2H3. The highest BCUT2D eigenvalue weighted by Crippen LogP contribution is 2.46. The monoisotopic (exact) mass is 151 g/mol. The van der Waals surface area contributed by atoms with Crippen LogP contribution in [0.15, 0.2) is 16.7 Å². The predicted octanol–water partition coefficient (Wildman–Crippen LogP) is 1.80. The summed E-state index contributed by atoms with van der Waals surface area (Å²) < 4.78 is 5.25. The molecule has 11 heavy (non-hydrogen) atoms. The zero-order valence-electron chi connectivity index (χ0n) is 6.98. The maximum Gasteiger partial charge on any atom is 0.105 e. The molecule has 1 aliphatic rings. The zero-order valence-corrected chi connectivity index (χ0v) is 6.98. The van der Waals surface area contributed by atoms with Crippen LogP contribution in [0.5, 0.6) is 0 Å². The Kier molecular flexibility index (Phi) is 1.33. The number of rotatable bonds is 2. The topological polar surface area (TPSA) is 25.2 Å².